The number of benzene rings is 8. The number of hydrogen-bond donors (Lipinski definition) is 0. The highest BCUT2D eigenvalue weighted by molar-refractivity contribution is 6.07. The van der Waals surface area contributed by atoms with E-state index in [0.717, 1.165) is 77.5 Å². The van der Waals surface area contributed by atoms with E-state index in [1.807, 2.05) is 24.3 Å². The van der Waals surface area contributed by atoms with Crippen LogP contribution in [0.1, 0.15) is 0 Å². The summed E-state index contributed by atoms with van der Waals surface area (Å²) >= 11 is 0. The van der Waals surface area contributed by atoms with Gasteiger partial charge in [0.2, 0.25) is 0 Å². The molecule has 10 rings (SSSR count). The van der Waals surface area contributed by atoms with Crippen molar-refractivity contribution in [1.29, 1.82) is 0 Å². The molecular formula is C50H32N2O. The molecule has 10 aromatic rings. The average molecular weight is 677 g/mol. The zero-order valence-corrected chi connectivity index (χ0v) is 28.8. The molecule has 0 aliphatic rings. The maximum atomic E-state index is 6.07. The number of aromatic nitrogens is 2. The summed E-state index contributed by atoms with van der Waals surface area (Å²) in [4.78, 5) is 10.4. The van der Waals surface area contributed by atoms with Crippen molar-refractivity contribution in [2.24, 2.45) is 0 Å². The second-order valence-electron chi connectivity index (χ2n) is 13.4. The van der Waals surface area contributed by atoms with Crippen LogP contribution in [0.2, 0.25) is 0 Å². The largest absolute Gasteiger partial charge is 0.456 e. The van der Waals surface area contributed by atoms with Crippen LogP contribution in [0.5, 0.6) is 0 Å². The lowest BCUT2D eigenvalue weighted by molar-refractivity contribution is 0.669. The number of fused-ring (bicyclic) bond motifs is 4. The lowest BCUT2D eigenvalue weighted by Crippen LogP contribution is -1.97. The molecule has 248 valence electrons. The first-order valence-corrected chi connectivity index (χ1v) is 17.9. The summed E-state index contributed by atoms with van der Waals surface area (Å²) < 4.78 is 6.07. The van der Waals surface area contributed by atoms with Crippen molar-refractivity contribution in [2.45, 2.75) is 0 Å². The lowest BCUT2D eigenvalue weighted by atomic mass is 9.93. The minimum Gasteiger partial charge on any atom is -0.456 e. The summed E-state index contributed by atoms with van der Waals surface area (Å²) in [7, 11) is 0. The molecule has 0 N–H and O–H groups in total. The van der Waals surface area contributed by atoms with Gasteiger partial charge in [-0.15, -0.1) is 0 Å². The predicted octanol–water partition coefficient (Wildman–Crippen LogP) is 13.5. The molecule has 0 bridgehead atoms. The molecular weight excluding hydrogens is 645 g/mol. The Bertz CT molecular complexity index is 2910. The molecule has 0 amide bonds. The molecule has 2 heterocycles. The van der Waals surface area contributed by atoms with Crippen molar-refractivity contribution in [3.8, 4) is 67.3 Å². The molecule has 0 unspecified atom stereocenters. The molecule has 0 spiro atoms. The van der Waals surface area contributed by atoms with Gasteiger partial charge in [-0.2, -0.15) is 0 Å². The van der Waals surface area contributed by atoms with E-state index in [4.69, 9.17) is 14.4 Å². The number of nitrogens with zero attached hydrogens (tertiary/aromatic N) is 2. The fraction of sp³-hybridized carbons (Fsp3) is 0. The fourth-order valence-corrected chi connectivity index (χ4v) is 7.43. The fourth-order valence-electron chi connectivity index (χ4n) is 7.43. The van der Waals surface area contributed by atoms with Gasteiger partial charge in [0.15, 0.2) is 5.82 Å². The maximum absolute atomic E-state index is 6.07. The van der Waals surface area contributed by atoms with Crippen molar-refractivity contribution in [3.63, 3.8) is 0 Å². The number of para-hydroxylation sites is 1. The number of hydrogen-bond acceptors (Lipinski definition) is 3. The Kier molecular flexibility index (Phi) is 7.47. The summed E-state index contributed by atoms with van der Waals surface area (Å²) in [6.45, 7) is 0. The van der Waals surface area contributed by atoms with Gasteiger partial charge in [0.25, 0.3) is 0 Å². The molecule has 0 radical (unpaired) electrons. The zero-order valence-electron chi connectivity index (χ0n) is 28.8. The van der Waals surface area contributed by atoms with Gasteiger partial charge in [-0.1, -0.05) is 164 Å². The van der Waals surface area contributed by atoms with E-state index in [0.29, 0.717) is 5.82 Å². The molecule has 0 aliphatic heterocycles. The normalized spacial score (nSPS) is 11.4. The molecule has 8 aromatic carbocycles. The standard InChI is InChI=1S/C50H32N2O/c1-3-11-33(12-4-1)34-21-25-38(26-22-34)47-32-46(37-13-5-2-6-14-37)51-50(52-47)44-29-28-40(41-15-7-8-16-42(41)44)36-23-19-35(20-24-36)39-27-30-49-45(31-39)43-17-9-10-18-48(43)53-49/h1-32H. The average Bonchev–Trinajstić information content (AvgIpc) is 3.62. The Labute approximate surface area is 307 Å². The van der Waals surface area contributed by atoms with E-state index in [1.165, 1.54) is 16.7 Å². The van der Waals surface area contributed by atoms with Gasteiger partial charge in [0.1, 0.15) is 11.2 Å². The van der Waals surface area contributed by atoms with Crippen LogP contribution in [-0.2, 0) is 0 Å². The Morgan fingerprint density at radius 2 is 0.736 bits per heavy atom. The van der Waals surface area contributed by atoms with Crippen LogP contribution >= 0.6 is 0 Å². The van der Waals surface area contributed by atoms with Gasteiger partial charge < -0.3 is 4.42 Å². The molecule has 3 nitrogen and oxygen atoms in total. The second-order valence-corrected chi connectivity index (χ2v) is 13.4. The summed E-state index contributed by atoms with van der Waals surface area (Å²) in [5.41, 5.74) is 13.7. The van der Waals surface area contributed by atoms with E-state index in [1.54, 1.807) is 0 Å². The van der Waals surface area contributed by atoms with Gasteiger partial charge in [0, 0.05) is 27.5 Å². The quantitative estimate of drug-likeness (QED) is 0.176. The third kappa shape index (κ3) is 5.65. The highest BCUT2D eigenvalue weighted by Gasteiger charge is 2.16. The van der Waals surface area contributed by atoms with Crippen LogP contribution in [-0.4, -0.2) is 9.97 Å². The second kappa shape index (κ2) is 12.9. The maximum Gasteiger partial charge on any atom is 0.161 e. The van der Waals surface area contributed by atoms with Crippen LogP contribution in [0.15, 0.2) is 199 Å². The van der Waals surface area contributed by atoms with Crippen LogP contribution < -0.4 is 0 Å². The highest BCUT2D eigenvalue weighted by atomic mass is 16.3. The van der Waals surface area contributed by atoms with Crippen LogP contribution in [0.3, 0.4) is 0 Å². The van der Waals surface area contributed by atoms with E-state index >= 15 is 0 Å². The molecule has 0 atom stereocenters. The van der Waals surface area contributed by atoms with Crippen LogP contribution in [0.25, 0.3) is 100.0 Å². The highest BCUT2D eigenvalue weighted by Crippen LogP contribution is 2.38. The number of furan rings is 1. The first-order valence-electron chi connectivity index (χ1n) is 17.9. The topological polar surface area (TPSA) is 38.9 Å². The van der Waals surface area contributed by atoms with Crippen molar-refractivity contribution in [1.82, 2.24) is 9.97 Å². The predicted molar refractivity (Wildman–Crippen MR) is 219 cm³/mol. The first kappa shape index (κ1) is 30.7. The van der Waals surface area contributed by atoms with E-state index < -0.39 is 0 Å². The SMILES string of the molecule is c1ccc(-c2ccc(-c3cc(-c4ccccc4)nc(-c4ccc(-c5ccc(-c6ccc7oc8ccccc8c7c6)cc5)c5ccccc45)n3)cc2)cc1. The summed E-state index contributed by atoms with van der Waals surface area (Å²) in [5, 5.41) is 4.54. The van der Waals surface area contributed by atoms with Crippen LogP contribution in [0.4, 0.5) is 0 Å². The van der Waals surface area contributed by atoms with Gasteiger partial charge in [-0.05, 0) is 74.5 Å². The van der Waals surface area contributed by atoms with E-state index in [-0.39, 0.29) is 0 Å². The van der Waals surface area contributed by atoms with E-state index in [9.17, 15) is 0 Å². The van der Waals surface area contributed by atoms with Gasteiger partial charge >= 0.3 is 0 Å². The Morgan fingerprint density at radius 3 is 1.43 bits per heavy atom. The monoisotopic (exact) mass is 676 g/mol. The van der Waals surface area contributed by atoms with Gasteiger partial charge in [-0.25, -0.2) is 9.97 Å². The number of rotatable bonds is 6. The molecule has 3 heteroatoms. The smallest absolute Gasteiger partial charge is 0.161 e. The Hall–Kier alpha value is -7.10. The minimum absolute atomic E-state index is 0.703. The van der Waals surface area contributed by atoms with Crippen LogP contribution in [0, 0.1) is 0 Å². The summed E-state index contributed by atoms with van der Waals surface area (Å²) in [5.74, 6) is 0.703. The molecule has 0 saturated carbocycles. The third-order valence-electron chi connectivity index (χ3n) is 10.2. The van der Waals surface area contributed by atoms with E-state index in [2.05, 4.69) is 170 Å². The van der Waals surface area contributed by atoms with Crippen molar-refractivity contribution in [2.75, 3.05) is 0 Å². The minimum atomic E-state index is 0.703. The molecule has 53 heavy (non-hydrogen) atoms. The van der Waals surface area contributed by atoms with Gasteiger partial charge in [0.05, 0.1) is 11.4 Å². The Balaban J connectivity index is 1.04. The van der Waals surface area contributed by atoms with Crippen molar-refractivity contribution >= 4 is 32.7 Å². The molecule has 0 saturated heterocycles. The molecule has 0 aliphatic carbocycles. The molecule has 0 fully saturated rings. The first-order chi connectivity index (χ1) is 26.2. The zero-order chi connectivity index (χ0) is 35.1. The summed E-state index contributed by atoms with van der Waals surface area (Å²) in [6.07, 6.45) is 0. The van der Waals surface area contributed by atoms with Crippen molar-refractivity contribution in [3.05, 3.63) is 194 Å². The molecule has 2 aromatic heterocycles. The lowest BCUT2D eigenvalue weighted by Gasteiger charge is -2.14. The summed E-state index contributed by atoms with van der Waals surface area (Å²) in [6, 6.07) is 68.1. The third-order valence-corrected chi connectivity index (χ3v) is 10.2. The van der Waals surface area contributed by atoms with Gasteiger partial charge in [-0.3, -0.25) is 0 Å². The Morgan fingerprint density at radius 1 is 0.283 bits per heavy atom. The van der Waals surface area contributed by atoms with Crippen molar-refractivity contribution < 1.29 is 4.42 Å².